The van der Waals surface area contributed by atoms with Crippen LogP contribution in [0.25, 0.3) is 16.7 Å². The summed E-state index contributed by atoms with van der Waals surface area (Å²) in [5.41, 5.74) is 2.47. The van der Waals surface area contributed by atoms with Gasteiger partial charge in [0, 0.05) is 23.6 Å². The Morgan fingerprint density at radius 1 is 1.15 bits per heavy atom. The Kier molecular flexibility index (Phi) is 2.99. The molecule has 3 rings (SSSR count). The maximum absolute atomic E-state index is 12.0. The van der Waals surface area contributed by atoms with Gasteiger partial charge in [0.05, 0.1) is 12.5 Å². The average molecular weight is 266 g/mol. The second-order valence-electron chi connectivity index (χ2n) is 4.56. The third kappa shape index (κ3) is 1.95. The summed E-state index contributed by atoms with van der Waals surface area (Å²) in [4.78, 5) is 16.4. The summed E-state index contributed by atoms with van der Waals surface area (Å²) in [6.45, 7) is 1.90. The lowest BCUT2D eigenvalue weighted by molar-refractivity contribution is 0.414. The molecular weight excluding hydrogens is 252 g/mol. The molecule has 2 aromatic heterocycles. The van der Waals surface area contributed by atoms with Crippen molar-refractivity contribution in [2.75, 3.05) is 7.11 Å². The Morgan fingerprint density at radius 3 is 2.60 bits per heavy atom. The van der Waals surface area contributed by atoms with Gasteiger partial charge >= 0.3 is 0 Å². The largest absolute Gasteiger partial charge is 0.497 e. The fourth-order valence-corrected chi connectivity index (χ4v) is 2.32. The second kappa shape index (κ2) is 4.81. The number of aromatic nitrogens is 2. The molecule has 100 valence electrons. The lowest BCUT2D eigenvalue weighted by Gasteiger charge is -2.14. The fraction of sp³-hybridized carbons (Fsp3) is 0.125. The molecule has 0 saturated carbocycles. The van der Waals surface area contributed by atoms with E-state index < -0.39 is 0 Å². The number of methoxy groups -OCH3 is 1. The normalized spacial score (nSPS) is 10.7. The van der Waals surface area contributed by atoms with E-state index in [1.54, 1.807) is 31.5 Å². The topological polar surface area (TPSA) is 44.1 Å². The first kappa shape index (κ1) is 12.4. The van der Waals surface area contributed by atoms with E-state index in [-0.39, 0.29) is 5.43 Å². The number of rotatable bonds is 2. The Hall–Kier alpha value is -2.62. The molecule has 1 aromatic carbocycles. The molecule has 0 aliphatic rings. The smallest absolute Gasteiger partial charge is 0.191 e. The van der Waals surface area contributed by atoms with E-state index in [0.29, 0.717) is 11.0 Å². The van der Waals surface area contributed by atoms with E-state index in [1.165, 1.54) is 0 Å². The molecule has 0 saturated heterocycles. The van der Waals surface area contributed by atoms with Crippen LogP contribution in [-0.4, -0.2) is 16.7 Å². The zero-order valence-corrected chi connectivity index (χ0v) is 11.3. The average Bonchev–Trinajstić information content (AvgIpc) is 2.48. The molecule has 0 spiro atoms. The van der Waals surface area contributed by atoms with Crippen LogP contribution in [-0.2, 0) is 0 Å². The van der Waals surface area contributed by atoms with Gasteiger partial charge in [-0.15, -0.1) is 0 Å². The van der Waals surface area contributed by atoms with Gasteiger partial charge in [0.15, 0.2) is 5.43 Å². The number of nitrogens with zero attached hydrogens (tertiary/aromatic N) is 2. The third-order valence-corrected chi connectivity index (χ3v) is 3.29. The summed E-state index contributed by atoms with van der Waals surface area (Å²) in [6, 6.07) is 12.9. The van der Waals surface area contributed by atoms with Gasteiger partial charge in [0.2, 0.25) is 0 Å². The third-order valence-electron chi connectivity index (χ3n) is 3.29. The van der Waals surface area contributed by atoms with Crippen molar-refractivity contribution >= 4 is 11.0 Å². The molecular formula is C16H14N2O2. The standard InChI is InChI=1S/C16H14N2O2/c1-11-10-15(19)14-4-3-9-17-16(14)18(11)12-5-7-13(20-2)8-6-12/h3-10H,1-2H3. The molecule has 4 heteroatoms. The van der Waals surface area contributed by atoms with Crippen LogP contribution in [0.5, 0.6) is 5.75 Å². The maximum Gasteiger partial charge on any atom is 0.191 e. The monoisotopic (exact) mass is 266 g/mol. The SMILES string of the molecule is COc1ccc(-n2c(C)cc(=O)c3cccnc32)cc1. The van der Waals surface area contributed by atoms with E-state index in [2.05, 4.69) is 4.98 Å². The zero-order valence-electron chi connectivity index (χ0n) is 11.3. The number of pyridine rings is 2. The van der Waals surface area contributed by atoms with Crippen LogP contribution in [0.15, 0.2) is 53.5 Å². The second-order valence-corrected chi connectivity index (χ2v) is 4.56. The number of fused-ring (bicyclic) bond motifs is 1. The van der Waals surface area contributed by atoms with Crippen LogP contribution in [0.3, 0.4) is 0 Å². The van der Waals surface area contributed by atoms with Gasteiger partial charge in [-0.2, -0.15) is 0 Å². The van der Waals surface area contributed by atoms with Crippen LogP contribution in [0.1, 0.15) is 5.69 Å². The predicted molar refractivity (Wildman–Crippen MR) is 78.6 cm³/mol. The number of hydrogen-bond donors (Lipinski definition) is 0. The molecule has 0 unspecified atom stereocenters. The molecule has 0 aliphatic carbocycles. The lowest BCUT2D eigenvalue weighted by Crippen LogP contribution is -2.11. The van der Waals surface area contributed by atoms with Gasteiger partial charge in [-0.3, -0.25) is 9.36 Å². The molecule has 0 aliphatic heterocycles. The van der Waals surface area contributed by atoms with Gasteiger partial charge in [-0.25, -0.2) is 4.98 Å². The van der Waals surface area contributed by atoms with Gasteiger partial charge in [-0.1, -0.05) is 0 Å². The van der Waals surface area contributed by atoms with Gasteiger partial charge in [0.25, 0.3) is 0 Å². The first-order chi connectivity index (χ1) is 9.70. The maximum atomic E-state index is 12.0. The minimum absolute atomic E-state index is 0.00429. The molecule has 0 radical (unpaired) electrons. The Labute approximate surface area is 116 Å². The van der Waals surface area contributed by atoms with E-state index in [4.69, 9.17) is 4.74 Å². The minimum atomic E-state index is -0.00429. The molecule has 0 amide bonds. The lowest BCUT2D eigenvalue weighted by atomic mass is 10.2. The van der Waals surface area contributed by atoms with Crippen LogP contribution in [0, 0.1) is 6.92 Å². The summed E-state index contributed by atoms with van der Waals surface area (Å²) in [6.07, 6.45) is 1.70. The predicted octanol–water partition coefficient (Wildman–Crippen LogP) is 2.70. The molecule has 0 bridgehead atoms. The van der Waals surface area contributed by atoms with Crippen molar-refractivity contribution in [2.45, 2.75) is 6.92 Å². The van der Waals surface area contributed by atoms with E-state index in [0.717, 1.165) is 17.1 Å². The Balaban J connectivity index is 2.32. The van der Waals surface area contributed by atoms with Crippen molar-refractivity contribution in [3.8, 4) is 11.4 Å². The molecule has 0 atom stereocenters. The number of ether oxygens (including phenoxy) is 1. The molecule has 0 N–H and O–H groups in total. The van der Waals surface area contributed by atoms with Crippen molar-refractivity contribution in [2.24, 2.45) is 0 Å². The van der Waals surface area contributed by atoms with Crippen LogP contribution in [0.2, 0.25) is 0 Å². The summed E-state index contributed by atoms with van der Waals surface area (Å²) >= 11 is 0. The summed E-state index contributed by atoms with van der Waals surface area (Å²) in [7, 11) is 1.64. The van der Waals surface area contributed by atoms with Crippen molar-refractivity contribution < 1.29 is 4.74 Å². The quantitative estimate of drug-likeness (QED) is 0.716. The number of hydrogen-bond acceptors (Lipinski definition) is 3. The molecule has 2 heterocycles. The van der Waals surface area contributed by atoms with E-state index in [1.807, 2.05) is 35.8 Å². The highest BCUT2D eigenvalue weighted by Crippen LogP contribution is 2.19. The van der Waals surface area contributed by atoms with Crippen molar-refractivity contribution in [3.63, 3.8) is 0 Å². The first-order valence-electron chi connectivity index (χ1n) is 6.32. The van der Waals surface area contributed by atoms with Crippen molar-refractivity contribution in [1.29, 1.82) is 0 Å². The minimum Gasteiger partial charge on any atom is -0.497 e. The summed E-state index contributed by atoms with van der Waals surface area (Å²) in [5, 5.41) is 0.619. The van der Waals surface area contributed by atoms with Gasteiger partial charge < -0.3 is 4.74 Å². The van der Waals surface area contributed by atoms with Crippen LogP contribution in [0.4, 0.5) is 0 Å². The van der Waals surface area contributed by atoms with Crippen LogP contribution < -0.4 is 10.2 Å². The zero-order chi connectivity index (χ0) is 14.1. The highest BCUT2D eigenvalue weighted by molar-refractivity contribution is 5.77. The fourth-order valence-electron chi connectivity index (χ4n) is 2.32. The van der Waals surface area contributed by atoms with Crippen LogP contribution >= 0.6 is 0 Å². The highest BCUT2D eigenvalue weighted by Gasteiger charge is 2.08. The number of benzene rings is 1. The van der Waals surface area contributed by atoms with Gasteiger partial charge in [-0.05, 0) is 43.3 Å². The molecule has 3 aromatic rings. The van der Waals surface area contributed by atoms with E-state index in [9.17, 15) is 4.79 Å². The Morgan fingerprint density at radius 2 is 1.90 bits per heavy atom. The summed E-state index contributed by atoms with van der Waals surface area (Å²) < 4.78 is 7.14. The first-order valence-corrected chi connectivity index (χ1v) is 6.32. The Bertz CT molecular complexity index is 820. The van der Waals surface area contributed by atoms with E-state index >= 15 is 0 Å². The highest BCUT2D eigenvalue weighted by atomic mass is 16.5. The van der Waals surface area contributed by atoms with Crippen molar-refractivity contribution in [1.82, 2.24) is 9.55 Å². The molecule has 4 nitrogen and oxygen atoms in total. The van der Waals surface area contributed by atoms with Crippen molar-refractivity contribution in [3.05, 3.63) is 64.6 Å². The summed E-state index contributed by atoms with van der Waals surface area (Å²) in [5.74, 6) is 0.796. The molecule has 0 fully saturated rings. The number of aryl methyl sites for hydroxylation is 1. The molecule has 20 heavy (non-hydrogen) atoms. The van der Waals surface area contributed by atoms with Gasteiger partial charge in [0.1, 0.15) is 11.4 Å².